The molecule has 1 atom stereocenters. The minimum absolute atomic E-state index is 0.0315. The van der Waals surface area contributed by atoms with E-state index in [0.29, 0.717) is 6.54 Å². The number of hydrogen-bond acceptors (Lipinski definition) is 2. The molecule has 1 heterocycles. The van der Waals surface area contributed by atoms with Gasteiger partial charge in [-0.15, -0.1) is 0 Å². The average Bonchev–Trinajstić information content (AvgIpc) is 2.27. The summed E-state index contributed by atoms with van der Waals surface area (Å²) in [6.07, 6.45) is 7.34. The molecule has 1 rings (SSSR count). The minimum atomic E-state index is -0.0443. The van der Waals surface area contributed by atoms with E-state index < -0.39 is 0 Å². The van der Waals surface area contributed by atoms with Crippen LogP contribution in [0.4, 0.5) is 0 Å². The quantitative estimate of drug-likeness (QED) is 0.656. The molecule has 0 aliphatic carbocycles. The second-order valence-electron chi connectivity index (χ2n) is 4.02. The van der Waals surface area contributed by atoms with E-state index in [1.807, 2.05) is 0 Å². The van der Waals surface area contributed by atoms with Crippen LogP contribution in [-0.4, -0.2) is 24.4 Å². The lowest BCUT2D eigenvalue weighted by molar-refractivity contribution is -0.126. The van der Waals surface area contributed by atoms with Crippen LogP contribution in [0.1, 0.15) is 39.0 Å². The lowest BCUT2D eigenvalue weighted by atomic mass is 10.1. The van der Waals surface area contributed by atoms with Gasteiger partial charge in [-0.1, -0.05) is 19.1 Å². The number of carbonyl (C=O) groups is 2. The van der Waals surface area contributed by atoms with Gasteiger partial charge >= 0.3 is 0 Å². The molecule has 2 amide bonds. The SMILES string of the molecule is CC[C@@H]1C/C=C\CCNC(=O)CCC(=O)N1. The molecule has 0 aromatic rings. The largest absolute Gasteiger partial charge is 0.356 e. The van der Waals surface area contributed by atoms with Crippen LogP contribution in [0.5, 0.6) is 0 Å². The van der Waals surface area contributed by atoms with Gasteiger partial charge in [0.05, 0.1) is 0 Å². The highest BCUT2D eigenvalue weighted by Gasteiger charge is 2.11. The highest BCUT2D eigenvalue weighted by atomic mass is 16.2. The lowest BCUT2D eigenvalue weighted by Crippen LogP contribution is -2.35. The number of carbonyl (C=O) groups excluding carboxylic acids is 2. The fourth-order valence-electron chi connectivity index (χ4n) is 1.62. The molecule has 0 unspecified atom stereocenters. The molecule has 0 saturated carbocycles. The summed E-state index contributed by atoms with van der Waals surface area (Å²) in [5.74, 6) is -0.0758. The molecule has 4 nitrogen and oxygen atoms in total. The monoisotopic (exact) mass is 224 g/mol. The molecule has 4 heteroatoms. The zero-order chi connectivity index (χ0) is 11.8. The smallest absolute Gasteiger partial charge is 0.220 e. The van der Waals surface area contributed by atoms with Crippen molar-refractivity contribution in [2.24, 2.45) is 0 Å². The molecule has 0 aromatic carbocycles. The van der Waals surface area contributed by atoms with Crippen molar-refractivity contribution >= 4 is 11.8 Å². The molecular formula is C12H20N2O2. The first kappa shape index (κ1) is 12.7. The van der Waals surface area contributed by atoms with Crippen molar-refractivity contribution in [1.82, 2.24) is 10.6 Å². The van der Waals surface area contributed by atoms with Gasteiger partial charge < -0.3 is 10.6 Å². The summed E-state index contributed by atoms with van der Waals surface area (Å²) in [5, 5.41) is 5.71. The third kappa shape index (κ3) is 4.96. The summed E-state index contributed by atoms with van der Waals surface area (Å²) in [6, 6.07) is 0.200. The van der Waals surface area contributed by atoms with E-state index in [4.69, 9.17) is 0 Å². The first-order valence-electron chi connectivity index (χ1n) is 5.93. The van der Waals surface area contributed by atoms with Crippen LogP contribution >= 0.6 is 0 Å². The fourth-order valence-corrected chi connectivity index (χ4v) is 1.62. The van der Waals surface area contributed by atoms with Gasteiger partial charge in [-0.2, -0.15) is 0 Å². The van der Waals surface area contributed by atoms with Crippen LogP contribution in [0.15, 0.2) is 12.2 Å². The van der Waals surface area contributed by atoms with Gasteiger partial charge in [0.2, 0.25) is 11.8 Å². The normalized spacial score (nSPS) is 25.9. The number of nitrogens with one attached hydrogen (secondary N) is 2. The predicted molar refractivity (Wildman–Crippen MR) is 62.8 cm³/mol. The summed E-state index contributed by atoms with van der Waals surface area (Å²) < 4.78 is 0. The van der Waals surface area contributed by atoms with Crippen molar-refractivity contribution < 1.29 is 9.59 Å². The molecule has 2 N–H and O–H groups in total. The molecule has 1 aliphatic heterocycles. The molecule has 1 aliphatic rings. The highest BCUT2D eigenvalue weighted by molar-refractivity contribution is 5.83. The van der Waals surface area contributed by atoms with Crippen molar-refractivity contribution in [3.63, 3.8) is 0 Å². The molecule has 0 aromatic heterocycles. The molecule has 0 saturated heterocycles. The molecule has 0 fully saturated rings. The summed E-state index contributed by atoms with van der Waals surface area (Å²) in [4.78, 5) is 22.8. The molecular weight excluding hydrogens is 204 g/mol. The van der Waals surface area contributed by atoms with Crippen LogP contribution in [0.2, 0.25) is 0 Å². The van der Waals surface area contributed by atoms with Crippen LogP contribution in [0, 0.1) is 0 Å². The van der Waals surface area contributed by atoms with E-state index in [1.54, 1.807) is 0 Å². The van der Waals surface area contributed by atoms with Gasteiger partial charge in [-0.25, -0.2) is 0 Å². The van der Waals surface area contributed by atoms with Crippen molar-refractivity contribution in [3.05, 3.63) is 12.2 Å². The Balaban J connectivity index is 2.53. The van der Waals surface area contributed by atoms with E-state index in [0.717, 1.165) is 19.3 Å². The van der Waals surface area contributed by atoms with Gasteiger partial charge in [0.15, 0.2) is 0 Å². The van der Waals surface area contributed by atoms with Gasteiger partial charge in [0, 0.05) is 25.4 Å². The Labute approximate surface area is 96.5 Å². The fraction of sp³-hybridized carbons (Fsp3) is 0.667. The first-order valence-corrected chi connectivity index (χ1v) is 5.93. The number of amides is 2. The third-order valence-electron chi connectivity index (χ3n) is 2.66. The Bertz CT molecular complexity index is 274. The van der Waals surface area contributed by atoms with E-state index in [1.165, 1.54) is 0 Å². The van der Waals surface area contributed by atoms with Crippen molar-refractivity contribution in [2.45, 2.75) is 45.1 Å². The Morgan fingerprint density at radius 3 is 2.75 bits per heavy atom. The van der Waals surface area contributed by atoms with Crippen LogP contribution in [-0.2, 0) is 9.59 Å². The zero-order valence-corrected chi connectivity index (χ0v) is 9.79. The maximum Gasteiger partial charge on any atom is 0.220 e. The molecule has 16 heavy (non-hydrogen) atoms. The van der Waals surface area contributed by atoms with Crippen molar-refractivity contribution in [2.75, 3.05) is 6.54 Å². The predicted octanol–water partition coefficient (Wildman–Crippen LogP) is 1.13. The van der Waals surface area contributed by atoms with Crippen molar-refractivity contribution in [1.29, 1.82) is 0 Å². The number of rotatable bonds is 1. The van der Waals surface area contributed by atoms with Crippen LogP contribution in [0.3, 0.4) is 0 Å². The van der Waals surface area contributed by atoms with Crippen molar-refractivity contribution in [3.8, 4) is 0 Å². The summed E-state index contributed by atoms with van der Waals surface area (Å²) in [6.45, 7) is 2.71. The molecule has 0 spiro atoms. The Morgan fingerprint density at radius 1 is 1.25 bits per heavy atom. The van der Waals surface area contributed by atoms with Gasteiger partial charge in [-0.05, 0) is 19.3 Å². The van der Waals surface area contributed by atoms with E-state index in [9.17, 15) is 9.59 Å². The van der Waals surface area contributed by atoms with E-state index >= 15 is 0 Å². The zero-order valence-electron chi connectivity index (χ0n) is 9.79. The Morgan fingerprint density at radius 2 is 2.00 bits per heavy atom. The van der Waals surface area contributed by atoms with E-state index in [-0.39, 0.29) is 30.7 Å². The minimum Gasteiger partial charge on any atom is -0.356 e. The first-order chi connectivity index (χ1) is 7.72. The Kier molecular flexibility index (Phi) is 5.61. The standard InChI is InChI=1S/C12H20N2O2/c1-2-10-6-4-3-5-9-13-11(15)7-8-12(16)14-10/h3-4,10H,2,5-9H2,1H3,(H,13,15)(H,14,16)/b4-3-/t10-/m1/s1. The summed E-state index contributed by atoms with van der Waals surface area (Å²) >= 11 is 0. The lowest BCUT2D eigenvalue weighted by Gasteiger charge is -2.15. The van der Waals surface area contributed by atoms with Crippen LogP contribution < -0.4 is 10.6 Å². The maximum atomic E-state index is 11.5. The molecule has 0 bridgehead atoms. The van der Waals surface area contributed by atoms with Gasteiger partial charge in [0.25, 0.3) is 0 Å². The van der Waals surface area contributed by atoms with Gasteiger partial charge in [-0.3, -0.25) is 9.59 Å². The molecule has 90 valence electrons. The second kappa shape index (κ2) is 7.04. The number of hydrogen-bond donors (Lipinski definition) is 2. The highest BCUT2D eigenvalue weighted by Crippen LogP contribution is 2.02. The summed E-state index contributed by atoms with van der Waals surface area (Å²) in [7, 11) is 0. The average molecular weight is 224 g/mol. The summed E-state index contributed by atoms with van der Waals surface area (Å²) in [5.41, 5.74) is 0. The molecule has 0 radical (unpaired) electrons. The van der Waals surface area contributed by atoms with E-state index in [2.05, 4.69) is 29.7 Å². The van der Waals surface area contributed by atoms with Crippen LogP contribution in [0.25, 0.3) is 0 Å². The Hall–Kier alpha value is -1.32. The topological polar surface area (TPSA) is 58.2 Å². The maximum absolute atomic E-state index is 11.5. The third-order valence-corrected chi connectivity index (χ3v) is 2.66. The van der Waals surface area contributed by atoms with Gasteiger partial charge in [0.1, 0.15) is 0 Å². The second-order valence-corrected chi connectivity index (χ2v) is 4.02.